The Labute approximate surface area is 235 Å². The third-order valence-electron chi connectivity index (χ3n) is 11.6. The SMILES string of the molecule is CC12CC[C@H]3[C@@H](CCC4(O)C[C@H](O)CCC34C=NNC(=O)CCc3ccccc3)C1(O)CCC2C1=CC(=O)OC1. The van der Waals surface area contributed by atoms with Crippen LogP contribution in [0.4, 0.5) is 0 Å². The van der Waals surface area contributed by atoms with Gasteiger partial charge in [-0.2, -0.15) is 5.10 Å². The normalized spacial score (nSPS) is 42.5. The Morgan fingerprint density at radius 2 is 1.85 bits per heavy atom. The molecule has 8 heteroatoms. The number of hydrogen-bond donors (Lipinski definition) is 4. The Balaban J connectivity index is 1.25. The molecule has 6 rings (SSSR count). The number of fused-ring (bicyclic) bond motifs is 5. The zero-order chi connectivity index (χ0) is 28.2. The minimum atomic E-state index is -1.15. The molecule has 5 unspecified atom stereocenters. The molecule has 4 aliphatic carbocycles. The highest BCUT2D eigenvalue weighted by Gasteiger charge is 2.71. The van der Waals surface area contributed by atoms with E-state index in [-0.39, 0.29) is 41.5 Å². The number of hydrogen-bond acceptors (Lipinski definition) is 7. The molecule has 8 nitrogen and oxygen atoms in total. The smallest absolute Gasteiger partial charge is 0.331 e. The molecule has 40 heavy (non-hydrogen) atoms. The Morgan fingerprint density at radius 1 is 1.07 bits per heavy atom. The van der Waals surface area contributed by atoms with Gasteiger partial charge < -0.3 is 20.1 Å². The van der Waals surface area contributed by atoms with Gasteiger partial charge in [0.05, 0.1) is 17.3 Å². The fourth-order valence-electron chi connectivity index (χ4n) is 9.54. The molecule has 0 aromatic heterocycles. The van der Waals surface area contributed by atoms with Gasteiger partial charge in [0.1, 0.15) is 6.61 Å². The maximum absolute atomic E-state index is 12.7. The predicted octanol–water partition coefficient (Wildman–Crippen LogP) is 3.43. The minimum absolute atomic E-state index is 0.0315. The summed E-state index contributed by atoms with van der Waals surface area (Å²) in [6, 6.07) is 9.85. The summed E-state index contributed by atoms with van der Waals surface area (Å²) in [4.78, 5) is 24.5. The number of esters is 1. The molecule has 1 aromatic rings. The second-order valence-electron chi connectivity index (χ2n) is 13.3. The van der Waals surface area contributed by atoms with Crippen LogP contribution in [-0.4, -0.2) is 57.3 Å². The van der Waals surface area contributed by atoms with Crippen LogP contribution in [0.15, 0.2) is 47.1 Å². The number of amides is 1. The standard InChI is InChI=1S/C32H42N2O6/c1-29-13-10-25-26(32(29,39)16-12-24(29)22-17-28(37)40-19-22)11-15-31(38)18-23(35)9-14-30(25,31)20-33-34-27(36)8-7-21-5-3-2-4-6-21/h2-6,17,20,23-26,35,38-39H,7-16,18-19H2,1H3,(H,34,36)/t23-,24?,25+,26-,29?,30?,31?,32?/m1/s1. The van der Waals surface area contributed by atoms with E-state index in [2.05, 4.69) is 17.5 Å². The zero-order valence-electron chi connectivity index (χ0n) is 23.3. The Bertz CT molecular complexity index is 1220. The second-order valence-corrected chi connectivity index (χ2v) is 13.3. The summed E-state index contributed by atoms with van der Waals surface area (Å²) >= 11 is 0. The molecule has 4 saturated carbocycles. The highest BCUT2D eigenvalue weighted by atomic mass is 16.5. The quantitative estimate of drug-likeness (QED) is 0.244. The van der Waals surface area contributed by atoms with Crippen molar-refractivity contribution in [3.63, 3.8) is 0 Å². The molecule has 0 radical (unpaired) electrons. The van der Waals surface area contributed by atoms with E-state index in [0.717, 1.165) is 30.4 Å². The number of carbonyl (C=O) groups excluding carboxylic acids is 2. The number of aryl methyl sites for hydroxylation is 1. The average Bonchev–Trinajstić information content (AvgIpc) is 3.48. The maximum Gasteiger partial charge on any atom is 0.331 e. The lowest BCUT2D eigenvalue weighted by molar-refractivity contribution is -0.237. The number of ether oxygens (including phenoxy) is 1. The Hall–Kier alpha value is -2.55. The number of cyclic esters (lactones) is 1. The van der Waals surface area contributed by atoms with Crippen LogP contribution in [0, 0.1) is 28.6 Å². The van der Waals surface area contributed by atoms with Crippen LogP contribution in [-0.2, 0) is 20.7 Å². The first kappa shape index (κ1) is 27.6. The number of aliphatic hydroxyl groups excluding tert-OH is 1. The van der Waals surface area contributed by atoms with Crippen LogP contribution >= 0.6 is 0 Å². The molecule has 0 saturated heterocycles. The number of carbonyl (C=O) groups is 2. The number of rotatable bonds is 6. The van der Waals surface area contributed by atoms with Crippen molar-refractivity contribution in [2.45, 2.75) is 94.9 Å². The van der Waals surface area contributed by atoms with Gasteiger partial charge in [-0.3, -0.25) is 4.79 Å². The van der Waals surface area contributed by atoms with Gasteiger partial charge >= 0.3 is 5.97 Å². The summed E-state index contributed by atoms with van der Waals surface area (Å²) in [6.45, 7) is 2.48. The van der Waals surface area contributed by atoms with Gasteiger partial charge in [0.2, 0.25) is 5.91 Å². The van der Waals surface area contributed by atoms with Crippen molar-refractivity contribution in [2.75, 3.05) is 6.61 Å². The van der Waals surface area contributed by atoms with E-state index in [1.54, 1.807) is 12.3 Å². The van der Waals surface area contributed by atoms with Gasteiger partial charge in [-0.25, -0.2) is 10.2 Å². The molecule has 1 heterocycles. The third-order valence-corrected chi connectivity index (χ3v) is 11.6. The molecular formula is C32H42N2O6. The number of aliphatic hydroxyl groups is 3. The van der Waals surface area contributed by atoms with E-state index >= 15 is 0 Å². The molecule has 216 valence electrons. The Morgan fingerprint density at radius 3 is 2.60 bits per heavy atom. The van der Waals surface area contributed by atoms with E-state index in [0.29, 0.717) is 51.6 Å². The largest absolute Gasteiger partial charge is 0.458 e. The van der Waals surface area contributed by atoms with E-state index in [4.69, 9.17) is 4.74 Å². The van der Waals surface area contributed by atoms with Gasteiger partial charge in [-0.15, -0.1) is 0 Å². The van der Waals surface area contributed by atoms with Crippen molar-refractivity contribution in [3.05, 3.63) is 47.5 Å². The zero-order valence-corrected chi connectivity index (χ0v) is 23.3. The monoisotopic (exact) mass is 550 g/mol. The average molecular weight is 551 g/mol. The van der Waals surface area contributed by atoms with Crippen LogP contribution in [0.5, 0.6) is 0 Å². The van der Waals surface area contributed by atoms with Crippen LogP contribution < -0.4 is 5.43 Å². The van der Waals surface area contributed by atoms with Crippen LogP contribution in [0.3, 0.4) is 0 Å². The number of nitrogens with zero attached hydrogens (tertiary/aromatic N) is 1. The van der Waals surface area contributed by atoms with E-state index < -0.39 is 22.7 Å². The molecule has 1 aromatic carbocycles. The second kappa shape index (κ2) is 10.1. The minimum Gasteiger partial charge on any atom is -0.458 e. The first-order chi connectivity index (χ1) is 19.1. The van der Waals surface area contributed by atoms with Gasteiger partial charge in [0.15, 0.2) is 0 Å². The highest BCUT2D eigenvalue weighted by molar-refractivity contribution is 5.85. The predicted molar refractivity (Wildman–Crippen MR) is 149 cm³/mol. The number of nitrogens with one attached hydrogen (secondary N) is 1. The highest BCUT2D eigenvalue weighted by Crippen LogP contribution is 2.70. The van der Waals surface area contributed by atoms with Crippen LogP contribution in [0.25, 0.3) is 0 Å². The van der Waals surface area contributed by atoms with Crippen molar-refractivity contribution in [3.8, 4) is 0 Å². The van der Waals surface area contributed by atoms with Gasteiger partial charge in [-0.1, -0.05) is 37.3 Å². The van der Waals surface area contributed by atoms with Crippen LogP contribution in [0.2, 0.25) is 0 Å². The van der Waals surface area contributed by atoms with Crippen LogP contribution in [0.1, 0.15) is 76.7 Å². The van der Waals surface area contributed by atoms with Crippen molar-refractivity contribution in [2.24, 2.45) is 33.7 Å². The topological polar surface area (TPSA) is 128 Å². The molecule has 4 fully saturated rings. The summed E-state index contributed by atoms with van der Waals surface area (Å²) in [5.74, 6) is -0.473. The number of benzene rings is 1. The molecule has 1 aliphatic heterocycles. The van der Waals surface area contributed by atoms with Gasteiger partial charge in [0, 0.05) is 36.0 Å². The first-order valence-corrected chi connectivity index (χ1v) is 15.0. The van der Waals surface area contributed by atoms with Gasteiger partial charge in [0.25, 0.3) is 0 Å². The van der Waals surface area contributed by atoms with E-state index in [1.165, 1.54) is 0 Å². The van der Waals surface area contributed by atoms with Crippen molar-refractivity contribution in [1.82, 2.24) is 5.43 Å². The summed E-state index contributed by atoms with van der Waals surface area (Å²) in [5.41, 5.74) is 1.55. The molecule has 0 bridgehead atoms. The summed E-state index contributed by atoms with van der Waals surface area (Å²) < 4.78 is 5.24. The van der Waals surface area contributed by atoms with Crippen molar-refractivity contribution in [1.29, 1.82) is 0 Å². The first-order valence-electron chi connectivity index (χ1n) is 15.0. The number of hydrazone groups is 1. The van der Waals surface area contributed by atoms with Crippen molar-refractivity contribution >= 4 is 18.1 Å². The Kier molecular flexibility index (Phi) is 6.95. The summed E-state index contributed by atoms with van der Waals surface area (Å²) in [5, 5.41) is 39.6. The molecule has 1 amide bonds. The fraction of sp³-hybridized carbons (Fsp3) is 0.656. The third kappa shape index (κ3) is 4.25. The summed E-state index contributed by atoms with van der Waals surface area (Å²) in [6.07, 6.45) is 9.25. The van der Waals surface area contributed by atoms with E-state index in [1.807, 2.05) is 30.3 Å². The molecule has 4 N–H and O–H groups in total. The lowest BCUT2D eigenvalue weighted by Crippen LogP contribution is -2.68. The molecule has 8 atom stereocenters. The van der Waals surface area contributed by atoms with Gasteiger partial charge in [-0.05, 0) is 86.7 Å². The molecular weight excluding hydrogens is 508 g/mol. The lowest BCUT2D eigenvalue weighted by atomic mass is 9.41. The molecule has 0 spiro atoms. The van der Waals surface area contributed by atoms with E-state index in [9.17, 15) is 24.9 Å². The van der Waals surface area contributed by atoms with Crippen molar-refractivity contribution < 1.29 is 29.6 Å². The molecule has 5 aliphatic rings. The maximum atomic E-state index is 12.7. The fourth-order valence-corrected chi connectivity index (χ4v) is 9.54. The lowest BCUT2D eigenvalue weighted by Gasteiger charge is -2.65. The summed E-state index contributed by atoms with van der Waals surface area (Å²) in [7, 11) is 0.